The van der Waals surface area contributed by atoms with Crippen LogP contribution in [0.3, 0.4) is 0 Å². The van der Waals surface area contributed by atoms with Gasteiger partial charge < -0.3 is 5.32 Å². The summed E-state index contributed by atoms with van der Waals surface area (Å²) in [6.07, 6.45) is 1.45. The van der Waals surface area contributed by atoms with E-state index in [1.54, 1.807) is 14.0 Å². The summed E-state index contributed by atoms with van der Waals surface area (Å²) < 4.78 is 53.6. The van der Waals surface area contributed by atoms with Crippen molar-refractivity contribution in [2.75, 3.05) is 14.1 Å². The van der Waals surface area contributed by atoms with Gasteiger partial charge in [0, 0.05) is 19.6 Å². The van der Waals surface area contributed by atoms with Crippen molar-refractivity contribution >= 4 is 10.0 Å². The first-order valence-electron chi connectivity index (χ1n) is 6.86. The van der Waals surface area contributed by atoms with E-state index in [2.05, 4.69) is 5.32 Å². The van der Waals surface area contributed by atoms with Crippen LogP contribution in [0.1, 0.15) is 32.3 Å². The van der Waals surface area contributed by atoms with Gasteiger partial charge in [-0.15, -0.1) is 0 Å². The van der Waals surface area contributed by atoms with Crippen LogP contribution in [0.2, 0.25) is 0 Å². The smallest absolute Gasteiger partial charge is 0.246 e. The van der Waals surface area contributed by atoms with E-state index in [-0.39, 0.29) is 12.6 Å². The molecule has 0 amide bonds. The normalized spacial score (nSPS) is 13.7. The maximum atomic E-state index is 13.9. The topological polar surface area (TPSA) is 49.4 Å². The highest BCUT2D eigenvalue weighted by atomic mass is 32.2. The SMILES string of the molecule is CCCC(C)N(C)S(=O)(=O)c1cc(CNC)cc(F)c1F. The Morgan fingerprint density at radius 2 is 1.95 bits per heavy atom. The molecule has 0 spiro atoms. The summed E-state index contributed by atoms with van der Waals surface area (Å²) in [5.74, 6) is -2.48. The molecule has 0 radical (unpaired) electrons. The van der Waals surface area contributed by atoms with Crippen molar-refractivity contribution in [3.63, 3.8) is 0 Å². The van der Waals surface area contributed by atoms with Gasteiger partial charge in [-0.1, -0.05) is 13.3 Å². The molecule has 0 fully saturated rings. The zero-order valence-electron chi connectivity index (χ0n) is 12.8. The molecule has 0 aliphatic rings. The zero-order chi connectivity index (χ0) is 16.2. The Hall–Kier alpha value is -1.05. The number of nitrogens with zero attached hydrogens (tertiary/aromatic N) is 1. The second-order valence-electron chi connectivity index (χ2n) is 5.08. The van der Waals surface area contributed by atoms with Crippen LogP contribution in [0, 0.1) is 11.6 Å². The molecule has 1 aromatic carbocycles. The lowest BCUT2D eigenvalue weighted by atomic mass is 10.2. The second kappa shape index (κ2) is 7.29. The number of sulfonamides is 1. The van der Waals surface area contributed by atoms with Crippen LogP contribution in [0.5, 0.6) is 0 Å². The quantitative estimate of drug-likeness (QED) is 0.840. The molecule has 0 saturated carbocycles. The van der Waals surface area contributed by atoms with Crippen LogP contribution in [0.4, 0.5) is 8.78 Å². The number of nitrogens with one attached hydrogen (secondary N) is 1. The molecule has 0 aliphatic carbocycles. The Morgan fingerprint density at radius 1 is 1.33 bits per heavy atom. The molecule has 1 N–H and O–H groups in total. The molecule has 120 valence electrons. The largest absolute Gasteiger partial charge is 0.316 e. The predicted octanol–water partition coefficient (Wildman–Crippen LogP) is 2.49. The molecule has 4 nitrogen and oxygen atoms in total. The molecule has 0 aliphatic heterocycles. The lowest BCUT2D eigenvalue weighted by Gasteiger charge is -2.24. The number of hydrogen-bond donors (Lipinski definition) is 1. The van der Waals surface area contributed by atoms with Crippen molar-refractivity contribution in [3.8, 4) is 0 Å². The van der Waals surface area contributed by atoms with E-state index in [9.17, 15) is 17.2 Å². The zero-order valence-corrected chi connectivity index (χ0v) is 13.6. The van der Waals surface area contributed by atoms with Gasteiger partial charge in [0.2, 0.25) is 10.0 Å². The fourth-order valence-electron chi connectivity index (χ4n) is 2.10. The summed E-state index contributed by atoms with van der Waals surface area (Å²) in [6, 6.07) is 1.90. The van der Waals surface area contributed by atoms with Crippen LogP contribution in [0.25, 0.3) is 0 Å². The van der Waals surface area contributed by atoms with Crippen molar-refractivity contribution in [1.82, 2.24) is 9.62 Å². The minimum absolute atomic E-state index is 0.258. The van der Waals surface area contributed by atoms with E-state index in [1.165, 1.54) is 13.1 Å². The Bertz CT molecular complexity index is 591. The lowest BCUT2D eigenvalue weighted by molar-refractivity contribution is 0.365. The van der Waals surface area contributed by atoms with Crippen LogP contribution < -0.4 is 5.32 Å². The van der Waals surface area contributed by atoms with Crippen molar-refractivity contribution in [2.24, 2.45) is 0 Å². The summed E-state index contributed by atoms with van der Waals surface area (Å²) in [5, 5.41) is 2.78. The molecular formula is C14H22F2N2O2S. The molecule has 1 rings (SSSR count). The maximum Gasteiger partial charge on any atom is 0.246 e. The van der Waals surface area contributed by atoms with E-state index >= 15 is 0 Å². The van der Waals surface area contributed by atoms with Crippen LogP contribution in [-0.4, -0.2) is 32.9 Å². The average molecular weight is 320 g/mol. The minimum atomic E-state index is -4.06. The Labute approximate surface area is 125 Å². The molecule has 0 heterocycles. The number of halogens is 2. The maximum absolute atomic E-state index is 13.9. The van der Waals surface area contributed by atoms with Gasteiger partial charge in [-0.2, -0.15) is 4.31 Å². The number of benzene rings is 1. The molecule has 0 saturated heterocycles. The van der Waals surface area contributed by atoms with E-state index < -0.39 is 26.6 Å². The van der Waals surface area contributed by atoms with E-state index in [1.807, 2.05) is 6.92 Å². The molecule has 1 unspecified atom stereocenters. The number of rotatable bonds is 7. The van der Waals surface area contributed by atoms with Crippen molar-refractivity contribution < 1.29 is 17.2 Å². The van der Waals surface area contributed by atoms with Crippen molar-refractivity contribution in [2.45, 2.75) is 44.2 Å². The highest BCUT2D eigenvalue weighted by Crippen LogP contribution is 2.24. The van der Waals surface area contributed by atoms with E-state index in [0.29, 0.717) is 12.0 Å². The lowest BCUT2D eigenvalue weighted by Crippen LogP contribution is -2.35. The molecule has 1 aromatic rings. The van der Waals surface area contributed by atoms with Crippen LogP contribution in [-0.2, 0) is 16.6 Å². The fraction of sp³-hybridized carbons (Fsp3) is 0.571. The summed E-state index contributed by atoms with van der Waals surface area (Å²) in [4.78, 5) is -0.613. The van der Waals surface area contributed by atoms with Gasteiger partial charge in [0.1, 0.15) is 4.90 Å². The Kier molecular flexibility index (Phi) is 6.24. The summed E-state index contributed by atoms with van der Waals surface area (Å²) in [7, 11) is -1.03. The highest BCUT2D eigenvalue weighted by molar-refractivity contribution is 7.89. The van der Waals surface area contributed by atoms with Gasteiger partial charge in [0.25, 0.3) is 0 Å². The first-order valence-corrected chi connectivity index (χ1v) is 8.30. The van der Waals surface area contributed by atoms with Gasteiger partial charge in [-0.3, -0.25) is 0 Å². The van der Waals surface area contributed by atoms with E-state index in [0.717, 1.165) is 16.8 Å². The predicted molar refractivity (Wildman–Crippen MR) is 78.4 cm³/mol. The third kappa shape index (κ3) is 3.99. The molecule has 0 aromatic heterocycles. The van der Waals surface area contributed by atoms with Crippen LogP contribution in [0.15, 0.2) is 17.0 Å². The highest BCUT2D eigenvalue weighted by Gasteiger charge is 2.29. The first kappa shape index (κ1) is 18.0. The van der Waals surface area contributed by atoms with Crippen molar-refractivity contribution in [1.29, 1.82) is 0 Å². The third-order valence-electron chi connectivity index (χ3n) is 3.42. The summed E-state index contributed by atoms with van der Waals surface area (Å²) >= 11 is 0. The molecule has 21 heavy (non-hydrogen) atoms. The molecule has 0 bridgehead atoms. The fourth-order valence-corrected chi connectivity index (χ4v) is 3.62. The first-order chi connectivity index (χ1) is 9.75. The van der Waals surface area contributed by atoms with Gasteiger partial charge in [-0.25, -0.2) is 17.2 Å². The standard InChI is InChI=1S/C14H22F2N2O2S/c1-5-6-10(2)18(4)21(19,20)13-8-11(9-17-3)7-12(15)14(13)16/h7-8,10,17H,5-6,9H2,1-4H3. The Morgan fingerprint density at radius 3 is 2.48 bits per heavy atom. The molecular weight excluding hydrogens is 298 g/mol. The monoisotopic (exact) mass is 320 g/mol. The van der Waals surface area contributed by atoms with Gasteiger partial charge in [-0.05, 0) is 38.1 Å². The average Bonchev–Trinajstić information content (AvgIpc) is 2.42. The third-order valence-corrected chi connectivity index (χ3v) is 5.39. The van der Waals surface area contributed by atoms with Gasteiger partial charge in [0.05, 0.1) is 0 Å². The van der Waals surface area contributed by atoms with Gasteiger partial charge >= 0.3 is 0 Å². The molecule has 1 atom stereocenters. The molecule has 7 heteroatoms. The number of hydrogen-bond acceptors (Lipinski definition) is 3. The summed E-state index contributed by atoms with van der Waals surface area (Å²) in [6.45, 7) is 3.94. The Balaban J connectivity index is 3.30. The minimum Gasteiger partial charge on any atom is -0.316 e. The van der Waals surface area contributed by atoms with Crippen LogP contribution >= 0.6 is 0 Å². The van der Waals surface area contributed by atoms with Gasteiger partial charge in [0.15, 0.2) is 11.6 Å². The second-order valence-corrected chi connectivity index (χ2v) is 7.04. The van der Waals surface area contributed by atoms with Crippen molar-refractivity contribution in [3.05, 3.63) is 29.3 Å². The van der Waals surface area contributed by atoms with E-state index in [4.69, 9.17) is 0 Å². The summed E-state index contributed by atoms with van der Waals surface area (Å²) in [5.41, 5.74) is 0.381.